The molecule has 2 aliphatic heterocycles. The predicted molar refractivity (Wildman–Crippen MR) is 85.0 cm³/mol. The van der Waals surface area contributed by atoms with E-state index in [-0.39, 0.29) is 11.8 Å². The first kappa shape index (κ1) is 13.7. The number of imide groups is 1. The van der Waals surface area contributed by atoms with Crippen LogP contribution in [0.3, 0.4) is 0 Å². The molecule has 23 heavy (non-hydrogen) atoms. The average molecular weight is 306 g/mol. The largest absolute Gasteiger partial charge is 0.381 e. The number of para-hydroxylation sites is 1. The highest BCUT2D eigenvalue weighted by Gasteiger charge is 2.56. The minimum Gasteiger partial charge on any atom is -0.381 e. The van der Waals surface area contributed by atoms with E-state index in [0.29, 0.717) is 11.4 Å². The Morgan fingerprint density at radius 1 is 0.957 bits per heavy atom. The summed E-state index contributed by atoms with van der Waals surface area (Å²) in [6, 6.07) is 16.6. The molecule has 0 N–H and O–H groups in total. The minimum absolute atomic E-state index is 0.289. The Morgan fingerprint density at radius 2 is 1.65 bits per heavy atom. The second kappa shape index (κ2) is 5.05. The van der Waals surface area contributed by atoms with Crippen molar-refractivity contribution in [2.75, 3.05) is 4.90 Å². The van der Waals surface area contributed by atoms with Gasteiger partial charge in [0.1, 0.15) is 11.6 Å². The van der Waals surface area contributed by atoms with Crippen molar-refractivity contribution in [2.24, 2.45) is 11.1 Å². The standard InChI is InChI=1S/C18H14N2O3/c1-11-7-9-12(10-8-11)15-14-16(23-19-15)18(22)20(17(14)21)13-5-3-2-4-6-13/h2-10,14,16H,1H3. The fraction of sp³-hybridized carbons (Fsp3) is 0.167. The third-order valence-electron chi connectivity index (χ3n) is 4.17. The Kier molecular flexibility index (Phi) is 3.01. The number of anilines is 1. The third kappa shape index (κ3) is 2.04. The maximum atomic E-state index is 12.8. The van der Waals surface area contributed by atoms with Crippen LogP contribution in [0.1, 0.15) is 11.1 Å². The number of aryl methyl sites for hydroxylation is 1. The van der Waals surface area contributed by atoms with E-state index in [1.54, 1.807) is 24.3 Å². The molecule has 2 heterocycles. The molecular formula is C18H14N2O3. The summed E-state index contributed by atoms with van der Waals surface area (Å²) in [7, 11) is 0. The summed E-state index contributed by atoms with van der Waals surface area (Å²) in [6.45, 7) is 1.99. The maximum Gasteiger partial charge on any atom is 0.278 e. The average Bonchev–Trinajstić information content (AvgIpc) is 3.10. The van der Waals surface area contributed by atoms with E-state index >= 15 is 0 Å². The molecule has 0 spiro atoms. The molecule has 2 aliphatic rings. The zero-order chi connectivity index (χ0) is 16.0. The van der Waals surface area contributed by atoms with E-state index in [0.717, 1.165) is 11.1 Å². The van der Waals surface area contributed by atoms with Gasteiger partial charge in [-0.15, -0.1) is 0 Å². The molecule has 0 aliphatic carbocycles. The van der Waals surface area contributed by atoms with Crippen molar-refractivity contribution in [3.63, 3.8) is 0 Å². The Balaban J connectivity index is 1.71. The van der Waals surface area contributed by atoms with E-state index in [2.05, 4.69) is 5.16 Å². The van der Waals surface area contributed by atoms with Gasteiger partial charge in [0.25, 0.3) is 5.91 Å². The number of hydrogen-bond acceptors (Lipinski definition) is 4. The highest BCUT2D eigenvalue weighted by atomic mass is 16.6. The second-order valence-electron chi connectivity index (χ2n) is 5.69. The first-order valence-electron chi connectivity index (χ1n) is 7.40. The lowest BCUT2D eigenvalue weighted by Crippen LogP contribution is -2.33. The Hall–Kier alpha value is -2.95. The van der Waals surface area contributed by atoms with Crippen LogP contribution in [0.15, 0.2) is 59.8 Å². The zero-order valence-corrected chi connectivity index (χ0v) is 12.5. The van der Waals surface area contributed by atoms with Crippen LogP contribution in [-0.2, 0) is 14.4 Å². The number of hydrogen-bond donors (Lipinski definition) is 0. The molecule has 5 heteroatoms. The quantitative estimate of drug-likeness (QED) is 0.800. The molecule has 0 bridgehead atoms. The summed E-state index contributed by atoms with van der Waals surface area (Å²) in [6.07, 6.45) is -0.862. The molecule has 1 saturated heterocycles. The van der Waals surface area contributed by atoms with Gasteiger partial charge in [-0.05, 0) is 19.1 Å². The van der Waals surface area contributed by atoms with Crippen LogP contribution in [-0.4, -0.2) is 23.6 Å². The van der Waals surface area contributed by atoms with E-state index in [1.165, 1.54) is 4.90 Å². The lowest BCUT2D eigenvalue weighted by atomic mass is 9.93. The molecule has 114 valence electrons. The number of rotatable bonds is 2. The Labute approximate surface area is 133 Å². The Morgan fingerprint density at radius 3 is 2.35 bits per heavy atom. The van der Waals surface area contributed by atoms with Crippen molar-refractivity contribution in [1.82, 2.24) is 0 Å². The van der Waals surface area contributed by atoms with Gasteiger partial charge in [-0.2, -0.15) is 0 Å². The smallest absolute Gasteiger partial charge is 0.278 e. The maximum absolute atomic E-state index is 12.8. The van der Waals surface area contributed by atoms with E-state index in [4.69, 9.17) is 4.84 Å². The summed E-state index contributed by atoms with van der Waals surface area (Å²) in [5, 5.41) is 4.00. The van der Waals surface area contributed by atoms with Crippen LogP contribution in [0.2, 0.25) is 0 Å². The molecule has 2 atom stereocenters. The normalized spacial score (nSPS) is 22.8. The third-order valence-corrected chi connectivity index (χ3v) is 4.17. The van der Waals surface area contributed by atoms with E-state index in [1.807, 2.05) is 37.3 Å². The van der Waals surface area contributed by atoms with Crippen LogP contribution in [0, 0.1) is 12.8 Å². The number of benzene rings is 2. The van der Waals surface area contributed by atoms with Gasteiger partial charge < -0.3 is 4.84 Å². The molecule has 2 amide bonds. The highest BCUT2D eigenvalue weighted by Crippen LogP contribution is 2.34. The fourth-order valence-electron chi connectivity index (χ4n) is 2.97. The monoisotopic (exact) mass is 306 g/mol. The van der Waals surface area contributed by atoms with Crippen molar-refractivity contribution < 1.29 is 14.4 Å². The molecule has 2 aromatic carbocycles. The van der Waals surface area contributed by atoms with Crippen LogP contribution in [0.4, 0.5) is 5.69 Å². The van der Waals surface area contributed by atoms with Crippen molar-refractivity contribution in [1.29, 1.82) is 0 Å². The number of nitrogens with zero attached hydrogens (tertiary/aromatic N) is 2. The lowest BCUT2D eigenvalue weighted by molar-refractivity contribution is -0.126. The molecule has 2 unspecified atom stereocenters. The van der Waals surface area contributed by atoms with Crippen LogP contribution >= 0.6 is 0 Å². The number of carbonyl (C=O) groups is 2. The number of carbonyl (C=O) groups excluding carboxylic acids is 2. The van der Waals surface area contributed by atoms with Crippen LogP contribution in [0.5, 0.6) is 0 Å². The van der Waals surface area contributed by atoms with Crippen molar-refractivity contribution in [2.45, 2.75) is 13.0 Å². The minimum atomic E-state index is -0.862. The highest BCUT2D eigenvalue weighted by molar-refractivity contribution is 6.32. The van der Waals surface area contributed by atoms with Crippen molar-refractivity contribution in [3.05, 3.63) is 65.7 Å². The molecule has 1 fully saturated rings. The molecule has 2 aromatic rings. The van der Waals surface area contributed by atoms with Gasteiger partial charge in [-0.3, -0.25) is 9.59 Å². The molecule has 0 saturated carbocycles. The topological polar surface area (TPSA) is 59.0 Å². The van der Waals surface area contributed by atoms with Gasteiger partial charge in [0.05, 0.1) is 5.69 Å². The summed E-state index contributed by atoms with van der Waals surface area (Å²) >= 11 is 0. The second-order valence-corrected chi connectivity index (χ2v) is 5.69. The van der Waals surface area contributed by atoms with Crippen LogP contribution in [0.25, 0.3) is 0 Å². The molecular weight excluding hydrogens is 292 g/mol. The summed E-state index contributed by atoms with van der Waals surface area (Å²) in [5.74, 6) is -1.33. The van der Waals surface area contributed by atoms with Crippen molar-refractivity contribution >= 4 is 23.2 Å². The van der Waals surface area contributed by atoms with E-state index < -0.39 is 12.0 Å². The predicted octanol–water partition coefficient (Wildman–Crippen LogP) is 2.29. The lowest BCUT2D eigenvalue weighted by Gasteiger charge is -2.15. The zero-order valence-electron chi connectivity index (χ0n) is 12.5. The number of amides is 2. The van der Waals surface area contributed by atoms with Gasteiger partial charge >= 0.3 is 0 Å². The fourth-order valence-corrected chi connectivity index (χ4v) is 2.97. The molecule has 0 radical (unpaired) electrons. The van der Waals surface area contributed by atoms with Crippen molar-refractivity contribution in [3.8, 4) is 0 Å². The van der Waals surface area contributed by atoms with Gasteiger partial charge in [-0.25, -0.2) is 4.90 Å². The molecule has 5 nitrogen and oxygen atoms in total. The van der Waals surface area contributed by atoms with Gasteiger partial charge in [0, 0.05) is 5.56 Å². The number of oxime groups is 1. The van der Waals surface area contributed by atoms with Gasteiger partial charge in [-0.1, -0.05) is 53.2 Å². The number of fused-ring (bicyclic) bond motifs is 1. The van der Waals surface area contributed by atoms with Gasteiger partial charge in [0.15, 0.2) is 0 Å². The first-order valence-corrected chi connectivity index (χ1v) is 7.40. The summed E-state index contributed by atoms with van der Waals surface area (Å²) < 4.78 is 0. The Bertz CT molecular complexity index is 812. The van der Waals surface area contributed by atoms with Gasteiger partial charge in [0.2, 0.25) is 12.0 Å². The summed E-state index contributed by atoms with van der Waals surface area (Å²) in [4.78, 5) is 31.8. The first-order chi connectivity index (χ1) is 11.2. The SMILES string of the molecule is Cc1ccc(C2=NOC3C(=O)N(c4ccccc4)C(=O)C23)cc1. The summed E-state index contributed by atoms with van der Waals surface area (Å²) in [5.41, 5.74) is 3.00. The van der Waals surface area contributed by atoms with Crippen LogP contribution < -0.4 is 4.90 Å². The van der Waals surface area contributed by atoms with E-state index in [9.17, 15) is 9.59 Å². The molecule has 4 rings (SSSR count). The molecule has 0 aromatic heterocycles.